The number of hydrogen-bond acceptors (Lipinski definition) is 3. The average Bonchev–Trinajstić information content (AvgIpc) is 3.52. The highest BCUT2D eigenvalue weighted by Gasteiger charge is 2.30. The molecule has 0 aliphatic carbocycles. The largest absolute Gasteiger partial charge is 0.387 e. The molecule has 2 aromatic carbocycles. The molecule has 9 heteroatoms. The van der Waals surface area contributed by atoms with E-state index in [1.54, 1.807) is 25.4 Å². The molecule has 0 amide bonds. The van der Waals surface area contributed by atoms with Gasteiger partial charge >= 0.3 is 0 Å². The summed E-state index contributed by atoms with van der Waals surface area (Å²) in [6.07, 6.45) is 3.72. The Kier molecular flexibility index (Phi) is 9.39. The van der Waals surface area contributed by atoms with Gasteiger partial charge in [-0.25, -0.2) is 17.6 Å². The van der Waals surface area contributed by atoms with E-state index in [2.05, 4.69) is 17.6 Å². The lowest BCUT2D eigenvalue weighted by atomic mass is 9.93. The van der Waals surface area contributed by atoms with Gasteiger partial charge in [0, 0.05) is 41.8 Å². The summed E-state index contributed by atoms with van der Waals surface area (Å²) in [4.78, 5) is 0. The number of aliphatic hydroxyl groups is 1. The normalized spacial score (nSPS) is 19.4. The van der Waals surface area contributed by atoms with Crippen LogP contribution in [0.4, 0.5) is 17.6 Å². The monoisotopic (exact) mass is 520 g/mol. The second kappa shape index (κ2) is 12.1. The van der Waals surface area contributed by atoms with Crippen molar-refractivity contribution in [1.29, 1.82) is 0 Å². The van der Waals surface area contributed by atoms with Crippen LogP contribution in [0.3, 0.4) is 0 Å². The zero-order valence-corrected chi connectivity index (χ0v) is 22.2. The van der Waals surface area contributed by atoms with Gasteiger partial charge in [0.15, 0.2) is 23.3 Å². The predicted octanol–water partition coefficient (Wildman–Crippen LogP) is 5.84. The second-order valence-electron chi connectivity index (χ2n) is 9.05. The van der Waals surface area contributed by atoms with Crippen LogP contribution in [0.2, 0.25) is 0 Å². The molecular formula is C28H36F4N4O. The van der Waals surface area contributed by atoms with Crippen LogP contribution in [0.1, 0.15) is 50.3 Å². The van der Waals surface area contributed by atoms with Crippen molar-refractivity contribution >= 4 is 21.8 Å². The molecule has 2 aromatic heterocycles. The van der Waals surface area contributed by atoms with Crippen LogP contribution in [0.25, 0.3) is 21.8 Å². The Morgan fingerprint density at radius 1 is 0.838 bits per heavy atom. The standard InChI is InChI=1S/C12H12F2N2O.C12H11F2N.C2H7N.C2H6/c1-15-9-5-16-3-2-6-10(14)8(13)4-7(11(6)16)12(9)17;1-7-2-4-15-5-3-8-11(14)10(13)6-9(7)12(8)15;1-3-2;1-2/h2-4,9,12,15,17H,5H2,1H3;3,5-7H,2,4H2,1H3;3H,1-2H3;1-2H3. The SMILES string of the molecule is CC.CC1CCn2ccc3c(F)c(F)cc1c32.CNC.CNC1Cn2ccc3c(F)c(F)cc(c32)C1O. The van der Waals surface area contributed by atoms with Gasteiger partial charge in [-0.2, -0.15) is 0 Å². The van der Waals surface area contributed by atoms with Gasteiger partial charge in [-0.1, -0.05) is 20.8 Å². The highest BCUT2D eigenvalue weighted by molar-refractivity contribution is 5.86. The Balaban J connectivity index is 0.000000176. The first-order valence-electron chi connectivity index (χ1n) is 12.6. The number of aromatic nitrogens is 2. The van der Waals surface area contributed by atoms with E-state index >= 15 is 0 Å². The number of hydrogen-bond donors (Lipinski definition) is 3. The summed E-state index contributed by atoms with van der Waals surface area (Å²) in [5.41, 5.74) is 2.82. The smallest absolute Gasteiger partial charge is 0.168 e. The van der Waals surface area contributed by atoms with Gasteiger partial charge in [-0.15, -0.1) is 0 Å². The highest BCUT2D eigenvalue weighted by Crippen LogP contribution is 2.36. The molecule has 0 fully saturated rings. The molecule has 37 heavy (non-hydrogen) atoms. The average molecular weight is 521 g/mol. The molecule has 6 rings (SSSR count). The zero-order chi connectivity index (χ0) is 27.4. The van der Waals surface area contributed by atoms with Crippen LogP contribution in [-0.4, -0.2) is 41.4 Å². The van der Waals surface area contributed by atoms with Crippen LogP contribution in [0.5, 0.6) is 0 Å². The number of aryl methyl sites for hydroxylation is 1. The van der Waals surface area contributed by atoms with Crippen LogP contribution in [-0.2, 0) is 13.1 Å². The van der Waals surface area contributed by atoms with Crippen LogP contribution in [0.15, 0.2) is 36.7 Å². The van der Waals surface area contributed by atoms with E-state index in [1.807, 2.05) is 43.3 Å². The molecule has 5 nitrogen and oxygen atoms in total. The van der Waals surface area contributed by atoms with E-state index in [1.165, 1.54) is 6.07 Å². The van der Waals surface area contributed by atoms with Crippen molar-refractivity contribution in [2.45, 2.75) is 58.3 Å². The molecule has 2 aliphatic rings. The summed E-state index contributed by atoms with van der Waals surface area (Å²) in [7, 11) is 5.49. The van der Waals surface area contributed by atoms with Crippen LogP contribution < -0.4 is 10.6 Å². The Morgan fingerprint density at radius 3 is 1.86 bits per heavy atom. The molecule has 0 bridgehead atoms. The Hall–Kier alpha value is -2.88. The maximum absolute atomic E-state index is 13.6. The molecule has 0 saturated heterocycles. The van der Waals surface area contributed by atoms with Gasteiger partial charge in [-0.05, 0) is 63.3 Å². The zero-order valence-electron chi connectivity index (χ0n) is 22.2. The summed E-state index contributed by atoms with van der Waals surface area (Å²) in [6, 6.07) is 5.44. The minimum absolute atomic E-state index is 0.192. The van der Waals surface area contributed by atoms with Crippen molar-refractivity contribution in [3.8, 4) is 0 Å². The van der Waals surface area contributed by atoms with Crippen molar-refractivity contribution in [3.63, 3.8) is 0 Å². The number of benzene rings is 2. The first-order valence-corrected chi connectivity index (χ1v) is 12.6. The Labute approximate surface area is 215 Å². The summed E-state index contributed by atoms with van der Waals surface area (Å²) < 4.78 is 57.6. The quantitative estimate of drug-likeness (QED) is 0.276. The van der Waals surface area contributed by atoms with Crippen molar-refractivity contribution in [2.75, 3.05) is 21.1 Å². The molecular weight excluding hydrogens is 484 g/mol. The third-order valence-corrected chi connectivity index (χ3v) is 6.73. The van der Waals surface area contributed by atoms with Crippen molar-refractivity contribution in [3.05, 3.63) is 71.1 Å². The number of rotatable bonds is 1. The van der Waals surface area contributed by atoms with Gasteiger partial charge < -0.3 is 24.9 Å². The Morgan fingerprint density at radius 2 is 1.32 bits per heavy atom. The molecule has 4 aromatic rings. The second-order valence-corrected chi connectivity index (χ2v) is 9.05. The first kappa shape index (κ1) is 28.7. The predicted molar refractivity (Wildman–Crippen MR) is 141 cm³/mol. The molecule has 0 saturated carbocycles. The van der Waals surface area contributed by atoms with Crippen molar-refractivity contribution in [1.82, 2.24) is 19.8 Å². The van der Waals surface area contributed by atoms with E-state index in [4.69, 9.17) is 0 Å². The summed E-state index contributed by atoms with van der Waals surface area (Å²) >= 11 is 0. The number of halogens is 4. The highest BCUT2D eigenvalue weighted by atomic mass is 19.2. The molecule has 3 N–H and O–H groups in total. The third-order valence-electron chi connectivity index (χ3n) is 6.73. The summed E-state index contributed by atoms with van der Waals surface area (Å²) in [5.74, 6) is -2.91. The van der Waals surface area contributed by atoms with Gasteiger partial charge in [0.2, 0.25) is 0 Å². The van der Waals surface area contributed by atoms with E-state index < -0.39 is 29.4 Å². The fourth-order valence-corrected chi connectivity index (χ4v) is 4.94. The number of likely N-dealkylation sites (N-methyl/N-ethyl adjacent to an activating group) is 1. The lowest BCUT2D eigenvalue weighted by Gasteiger charge is -2.29. The number of nitrogens with one attached hydrogen (secondary N) is 2. The topological polar surface area (TPSA) is 54.2 Å². The maximum atomic E-state index is 13.6. The lowest BCUT2D eigenvalue weighted by Crippen LogP contribution is -2.39. The minimum atomic E-state index is -0.916. The molecule has 3 atom stereocenters. The molecule has 4 heterocycles. The Bertz CT molecular complexity index is 1360. The number of nitrogens with zero attached hydrogens (tertiary/aromatic N) is 2. The fourth-order valence-electron chi connectivity index (χ4n) is 4.94. The number of aliphatic hydroxyl groups excluding tert-OH is 1. The van der Waals surface area contributed by atoms with E-state index in [9.17, 15) is 22.7 Å². The summed E-state index contributed by atoms with van der Waals surface area (Å²) in [6.45, 7) is 7.49. The molecule has 202 valence electrons. The van der Waals surface area contributed by atoms with Crippen LogP contribution >= 0.6 is 0 Å². The van der Waals surface area contributed by atoms with E-state index in [0.29, 0.717) is 28.9 Å². The summed E-state index contributed by atoms with van der Waals surface area (Å²) in [5, 5.41) is 16.5. The molecule has 2 aliphatic heterocycles. The molecule has 3 unspecified atom stereocenters. The van der Waals surface area contributed by atoms with Crippen LogP contribution in [0, 0.1) is 23.3 Å². The fraction of sp³-hybridized carbons (Fsp3) is 0.429. The molecule has 0 radical (unpaired) electrons. The first-order chi connectivity index (χ1) is 17.7. The lowest BCUT2D eigenvalue weighted by molar-refractivity contribution is 0.118. The van der Waals surface area contributed by atoms with E-state index in [-0.39, 0.29) is 11.4 Å². The van der Waals surface area contributed by atoms with Crippen molar-refractivity contribution < 1.29 is 22.7 Å². The van der Waals surface area contributed by atoms with Gasteiger partial charge in [0.25, 0.3) is 0 Å². The third kappa shape index (κ3) is 5.26. The van der Waals surface area contributed by atoms with Gasteiger partial charge in [-0.3, -0.25) is 0 Å². The van der Waals surface area contributed by atoms with Gasteiger partial charge in [0.1, 0.15) is 0 Å². The van der Waals surface area contributed by atoms with Crippen molar-refractivity contribution in [2.24, 2.45) is 0 Å². The maximum Gasteiger partial charge on any atom is 0.168 e. The van der Waals surface area contributed by atoms with Gasteiger partial charge in [0.05, 0.1) is 23.2 Å². The minimum Gasteiger partial charge on any atom is -0.387 e. The molecule has 0 spiro atoms. The van der Waals surface area contributed by atoms with E-state index in [0.717, 1.165) is 30.1 Å².